The Morgan fingerprint density at radius 1 is 1.12 bits per heavy atom. The van der Waals surface area contributed by atoms with Crippen molar-refractivity contribution in [2.24, 2.45) is 4.40 Å². The second kappa shape index (κ2) is 7.99. The molecule has 2 aliphatic heterocycles. The number of nitrogens with zero attached hydrogens (tertiary/aromatic N) is 4. The molecule has 1 amide bonds. The third kappa shape index (κ3) is 3.85. The van der Waals surface area contributed by atoms with Crippen LogP contribution in [-0.4, -0.2) is 42.3 Å². The van der Waals surface area contributed by atoms with Gasteiger partial charge in [0.05, 0.1) is 27.2 Å². The minimum absolute atomic E-state index is 0.0810. The maximum atomic E-state index is 13.7. The number of para-hydroxylation sites is 1. The van der Waals surface area contributed by atoms with E-state index in [1.54, 1.807) is 28.2 Å². The van der Waals surface area contributed by atoms with Gasteiger partial charge in [0.1, 0.15) is 5.84 Å². The SMILES string of the molecule is CCc1ccc(N(C(=O)C2=CN3CCS(=O)(=O)N=C3C=C2)c2nc3ccccc3s2)cc1. The molecule has 0 spiro atoms. The highest BCUT2D eigenvalue weighted by Crippen LogP contribution is 2.35. The van der Waals surface area contributed by atoms with Gasteiger partial charge in [0.15, 0.2) is 5.13 Å². The molecule has 3 heterocycles. The van der Waals surface area contributed by atoms with Gasteiger partial charge in [-0.3, -0.25) is 9.69 Å². The first kappa shape index (κ1) is 20.6. The number of carbonyl (C=O) groups is 1. The Morgan fingerprint density at radius 2 is 1.91 bits per heavy atom. The predicted molar refractivity (Wildman–Crippen MR) is 128 cm³/mol. The number of amidine groups is 1. The van der Waals surface area contributed by atoms with Crippen LogP contribution in [0.5, 0.6) is 0 Å². The summed E-state index contributed by atoms with van der Waals surface area (Å²) in [6.07, 6.45) is 5.75. The van der Waals surface area contributed by atoms with Crippen LogP contribution in [0, 0.1) is 0 Å². The van der Waals surface area contributed by atoms with Gasteiger partial charge in [-0.2, -0.15) is 0 Å². The lowest BCUT2D eigenvalue weighted by Gasteiger charge is -2.28. The first-order valence-electron chi connectivity index (χ1n) is 10.2. The van der Waals surface area contributed by atoms with Crippen LogP contribution in [0.4, 0.5) is 10.8 Å². The fourth-order valence-electron chi connectivity index (χ4n) is 3.61. The number of amides is 1. The number of anilines is 2. The van der Waals surface area contributed by atoms with E-state index in [2.05, 4.69) is 11.3 Å². The first-order valence-corrected chi connectivity index (χ1v) is 12.6. The van der Waals surface area contributed by atoms with Crippen LogP contribution >= 0.6 is 11.3 Å². The van der Waals surface area contributed by atoms with Crippen molar-refractivity contribution in [1.29, 1.82) is 0 Å². The molecule has 5 rings (SSSR count). The molecule has 1 aromatic heterocycles. The molecule has 0 bridgehead atoms. The van der Waals surface area contributed by atoms with Crippen LogP contribution in [0.1, 0.15) is 12.5 Å². The van der Waals surface area contributed by atoms with Crippen LogP contribution in [0.2, 0.25) is 0 Å². The van der Waals surface area contributed by atoms with E-state index in [0.717, 1.165) is 22.3 Å². The average molecular weight is 465 g/mol. The van der Waals surface area contributed by atoms with Crippen molar-refractivity contribution in [1.82, 2.24) is 9.88 Å². The maximum Gasteiger partial charge on any atom is 0.266 e. The minimum Gasteiger partial charge on any atom is -0.330 e. The summed E-state index contributed by atoms with van der Waals surface area (Å²) in [5.74, 6) is 0.00575. The number of hydrogen-bond donors (Lipinski definition) is 0. The second-order valence-electron chi connectivity index (χ2n) is 7.47. The van der Waals surface area contributed by atoms with Gasteiger partial charge in [0.2, 0.25) is 0 Å². The van der Waals surface area contributed by atoms with Crippen molar-refractivity contribution in [2.45, 2.75) is 13.3 Å². The quantitative estimate of drug-likeness (QED) is 0.582. The smallest absolute Gasteiger partial charge is 0.266 e. The molecule has 0 atom stereocenters. The monoisotopic (exact) mass is 464 g/mol. The Bertz CT molecular complexity index is 1370. The van der Waals surface area contributed by atoms with Gasteiger partial charge in [-0.15, -0.1) is 4.40 Å². The molecule has 0 saturated carbocycles. The topological polar surface area (TPSA) is 82.9 Å². The molecule has 0 N–H and O–H groups in total. The molecule has 2 aromatic carbocycles. The van der Waals surface area contributed by atoms with Crippen molar-refractivity contribution >= 4 is 54.1 Å². The third-order valence-electron chi connectivity index (χ3n) is 5.35. The number of sulfonamides is 1. The summed E-state index contributed by atoms with van der Waals surface area (Å²) in [5, 5.41) is 0.579. The predicted octanol–water partition coefficient (Wildman–Crippen LogP) is 4.02. The summed E-state index contributed by atoms with van der Waals surface area (Å²) >= 11 is 1.45. The zero-order chi connectivity index (χ0) is 22.3. The highest BCUT2D eigenvalue weighted by molar-refractivity contribution is 7.90. The van der Waals surface area contributed by atoms with Crippen molar-refractivity contribution in [2.75, 3.05) is 17.2 Å². The van der Waals surface area contributed by atoms with Gasteiger partial charge < -0.3 is 4.90 Å². The molecular formula is C23H20N4O3S2. The molecule has 3 aromatic rings. The van der Waals surface area contributed by atoms with E-state index < -0.39 is 10.0 Å². The van der Waals surface area contributed by atoms with Gasteiger partial charge >= 0.3 is 0 Å². The average Bonchev–Trinajstić information content (AvgIpc) is 3.22. The van der Waals surface area contributed by atoms with E-state index >= 15 is 0 Å². The number of hydrogen-bond acceptors (Lipinski definition) is 6. The van der Waals surface area contributed by atoms with Gasteiger partial charge in [0.25, 0.3) is 15.9 Å². The van der Waals surface area contributed by atoms with Gasteiger partial charge in [0, 0.05) is 12.7 Å². The normalized spacial score (nSPS) is 17.0. The highest BCUT2D eigenvalue weighted by atomic mass is 32.2. The van der Waals surface area contributed by atoms with Crippen LogP contribution < -0.4 is 4.90 Å². The van der Waals surface area contributed by atoms with E-state index in [1.165, 1.54) is 16.9 Å². The van der Waals surface area contributed by atoms with Crippen LogP contribution in [0.3, 0.4) is 0 Å². The molecular weight excluding hydrogens is 444 g/mol. The van der Waals surface area contributed by atoms with E-state index in [1.807, 2.05) is 48.5 Å². The number of benzene rings is 2. The minimum atomic E-state index is -3.45. The fourth-order valence-corrected chi connectivity index (χ4v) is 5.56. The second-order valence-corrected chi connectivity index (χ2v) is 10.2. The lowest BCUT2D eigenvalue weighted by Crippen LogP contribution is -2.38. The zero-order valence-corrected chi connectivity index (χ0v) is 18.9. The molecule has 0 saturated heterocycles. The lowest BCUT2D eigenvalue weighted by molar-refractivity contribution is -0.114. The van der Waals surface area contributed by atoms with E-state index in [0.29, 0.717) is 16.5 Å². The summed E-state index contributed by atoms with van der Waals surface area (Å²) in [5.41, 5.74) is 3.17. The standard InChI is InChI=1S/C23H20N4O3S2/c1-2-16-7-10-18(11-8-16)27(23-24-19-5-3-4-6-20(19)31-23)22(28)17-9-12-21-25-32(29,30)14-13-26(21)15-17/h3-12,15H,2,13-14H2,1H3. The molecule has 0 aliphatic carbocycles. The van der Waals surface area contributed by atoms with Crippen molar-refractivity contribution in [3.05, 3.63) is 78.0 Å². The third-order valence-corrected chi connectivity index (χ3v) is 7.54. The van der Waals surface area contributed by atoms with Gasteiger partial charge in [-0.25, -0.2) is 13.4 Å². The molecule has 7 nitrogen and oxygen atoms in total. The molecule has 162 valence electrons. The summed E-state index contributed by atoms with van der Waals surface area (Å²) in [6, 6.07) is 15.6. The summed E-state index contributed by atoms with van der Waals surface area (Å²) in [4.78, 5) is 21.7. The number of carbonyl (C=O) groups excluding carboxylic acids is 1. The number of rotatable bonds is 4. The molecule has 0 fully saturated rings. The van der Waals surface area contributed by atoms with E-state index in [-0.39, 0.29) is 18.2 Å². The molecule has 2 aliphatic rings. The number of aromatic nitrogens is 1. The Hall–Kier alpha value is -3.30. The number of fused-ring (bicyclic) bond motifs is 2. The van der Waals surface area contributed by atoms with Crippen molar-refractivity contribution in [3.8, 4) is 0 Å². The van der Waals surface area contributed by atoms with Crippen LogP contribution in [-0.2, 0) is 21.2 Å². The van der Waals surface area contributed by atoms with Crippen LogP contribution in [0.15, 0.2) is 76.9 Å². The fraction of sp³-hybridized carbons (Fsp3) is 0.174. The maximum absolute atomic E-state index is 13.7. The molecule has 0 unspecified atom stereocenters. The summed E-state index contributed by atoms with van der Waals surface area (Å²) < 4.78 is 28.4. The first-order chi connectivity index (χ1) is 15.4. The lowest BCUT2D eigenvalue weighted by atomic mass is 10.1. The molecule has 0 radical (unpaired) electrons. The Balaban J connectivity index is 1.56. The van der Waals surface area contributed by atoms with E-state index in [9.17, 15) is 13.2 Å². The number of aryl methyl sites for hydroxylation is 1. The summed E-state index contributed by atoms with van der Waals surface area (Å²) in [7, 11) is -3.45. The van der Waals surface area contributed by atoms with Gasteiger partial charge in [-0.05, 0) is 48.4 Å². The largest absolute Gasteiger partial charge is 0.330 e. The number of thiazole rings is 1. The molecule has 32 heavy (non-hydrogen) atoms. The zero-order valence-electron chi connectivity index (χ0n) is 17.3. The van der Waals surface area contributed by atoms with Gasteiger partial charge in [-0.1, -0.05) is 42.5 Å². The summed E-state index contributed by atoms with van der Waals surface area (Å²) in [6.45, 7) is 2.34. The molecule has 9 heteroatoms. The Morgan fingerprint density at radius 3 is 2.66 bits per heavy atom. The Labute approximate surface area is 190 Å². The van der Waals surface area contributed by atoms with Crippen molar-refractivity contribution < 1.29 is 13.2 Å². The van der Waals surface area contributed by atoms with Crippen molar-refractivity contribution in [3.63, 3.8) is 0 Å². The highest BCUT2D eigenvalue weighted by Gasteiger charge is 2.29. The Kier molecular flexibility index (Phi) is 5.15. The van der Waals surface area contributed by atoms with Crippen LogP contribution in [0.25, 0.3) is 10.2 Å². The van der Waals surface area contributed by atoms with E-state index in [4.69, 9.17) is 4.98 Å².